The van der Waals surface area contributed by atoms with Crippen LogP contribution in [-0.4, -0.2) is 29.7 Å². The van der Waals surface area contributed by atoms with Crippen LogP contribution in [0.1, 0.15) is 36.8 Å². The summed E-state index contributed by atoms with van der Waals surface area (Å²) < 4.78 is 39.4. The molecular weight excluding hydrogens is 293 g/mol. The molecule has 0 unspecified atom stereocenters. The minimum Gasteiger partial charge on any atom is -0.288 e. The van der Waals surface area contributed by atoms with E-state index >= 15 is 0 Å². The van der Waals surface area contributed by atoms with Crippen molar-refractivity contribution in [3.8, 4) is 0 Å². The average molecular weight is 314 g/mol. The molecule has 1 aromatic carbocycles. The predicted molar refractivity (Wildman–Crippen MR) is 78.0 cm³/mol. The molecule has 22 heavy (non-hydrogen) atoms. The second-order valence-corrected chi connectivity index (χ2v) is 5.71. The Labute approximate surface area is 128 Å². The number of carbonyl (C=O) groups is 1. The molecule has 6 heteroatoms. The summed E-state index contributed by atoms with van der Waals surface area (Å²) in [6.45, 7) is 2.13. The monoisotopic (exact) mass is 314 g/mol. The number of carbonyl (C=O) groups excluding carboxylic acids is 1. The second-order valence-electron chi connectivity index (χ2n) is 5.71. The van der Waals surface area contributed by atoms with E-state index in [-0.39, 0.29) is 25.3 Å². The number of benzene rings is 1. The Morgan fingerprint density at radius 2 is 2.00 bits per heavy atom. The minimum atomic E-state index is -4.32. The van der Waals surface area contributed by atoms with Gasteiger partial charge in [0.25, 0.3) is 0 Å². The maximum atomic E-state index is 13.1. The van der Waals surface area contributed by atoms with E-state index in [1.165, 1.54) is 11.1 Å². The van der Waals surface area contributed by atoms with E-state index < -0.39 is 12.2 Å². The van der Waals surface area contributed by atoms with E-state index in [1.807, 2.05) is 31.2 Å². The molecular formula is C16H21F3N2O. The molecule has 122 valence electrons. The van der Waals surface area contributed by atoms with Crippen LogP contribution in [0.25, 0.3) is 0 Å². The first-order valence-electron chi connectivity index (χ1n) is 7.55. The van der Waals surface area contributed by atoms with E-state index in [1.54, 1.807) is 0 Å². The van der Waals surface area contributed by atoms with Crippen molar-refractivity contribution in [3.63, 3.8) is 0 Å². The number of halogens is 3. The van der Waals surface area contributed by atoms with Gasteiger partial charge in [0.2, 0.25) is 5.91 Å². The van der Waals surface area contributed by atoms with Gasteiger partial charge in [0, 0.05) is 13.0 Å². The van der Waals surface area contributed by atoms with Gasteiger partial charge in [-0.1, -0.05) is 30.7 Å². The van der Waals surface area contributed by atoms with Gasteiger partial charge in [0.15, 0.2) is 0 Å². The summed E-state index contributed by atoms with van der Waals surface area (Å²) in [7, 11) is 0. The average Bonchev–Trinajstić information content (AvgIpc) is 2.85. The van der Waals surface area contributed by atoms with Crippen molar-refractivity contribution >= 4 is 5.91 Å². The number of alkyl halides is 3. The molecule has 1 amide bonds. The molecule has 0 radical (unpaired) electrons. The van der Waals surface area contributed by atoms with Crippen molar-refractivity contribution < 1.29 is 18.0 Å². The van der Waals surface area contributed by atoms with Crippen molar-refractivity contribution in [2.45, 2.75) is 51.2 Å². The SMILES string of the molecule is Cc1ccccc1CCCC[C@H](N1CCC(=O)N1)C(F)(F)F. The third-order valence-corrected chi connectivity index (χ3v) is 4.04. The van der Waals surface area contributed by atoms with Crippen molar-refractivity contribution in [1.29, 1.82) is 0 Å². The highest BCUT2D eigenvalue weighted by molar-refractivity contribution is 5.77. The number of nitrogens with zero attached hydrogens (tertiary/aromatic N) is 1. The molecule has 0 saturated carbocycles. The minimum absolute atomic E-state index is 0.00958. The van der Waals surface area contributed by atoms with Crippen LogP contribution in [0.2, 0.25) is 0 Å². The van der Waals surface area contributed by atoms with Gasteiger partial charge in [-0.05, 0) is 37.3 Å². The molecule has 1 aliphatic heterocycles. The zero-order valence-electron chi connectivity index (χ0n) is 12.6. The van der Waals surface area contributed by atoms with Gasteiger partial charge in [-0.2, -0.15) is 13.2 Å². The standard InChI is InChI=1S/C16H21F3N2O/c1-12-6-2-3-7-13(12)8-4-5-9-14(16(17,18)19)21-11-10-15(22)20-21/h2-3,6-7,14H,4-5,8-11H2,1H3,(H,20,22)/t14-/m0/s1. The van der Waals surface area contributed by atoms with E-state index in [4.69, 9.17) is 0 Å². The highest BCUT2D eigenvalue weighted by Crippen LogP contribution is 2.29. The van der Waals surface area contributed by atoms with Crippen LogP contribution < -0.4 is 5.43 Å². The lowest BCUT2D eigenvalue weighted by Crippen LogP contribution is -2.49. The highest BCUT2D eigenvalue weighted by atomic mass is 19.4. The molecule has 1 aromatic rings. The first-order valence-corrected chi connectivity index (χ1v) is 7.55. The first kappa shape index (κ1) is 16.8. The summed E-state index contributed by atoms with van der Waals surface area (Å²) >= 11 is 0. The Morgan fingerprint density at radius 1 is 1.27 bits per heavy atom. The molecule has 1 saturated heterocycles. The van der Waals surface area contributed by atoms with Crippen molar-refractivity contribution in [3.05, 3.63) is 35.4 Å². The fraction of sp³-hybridized carbons (Fsp3) is 0.562. The molecule has 1 N–H and O–H groups in total. The van der Waals surface area contributed by atoms with Gasteiger partial charge in [-0.15, -0.1) is 0 Å². The zero-order valence-corrected chi connectivity index (χ0v) is 12.6. The topological polar surface area (TPSA) is 32.3 Å². The number of hydrogen-bond donors (Lipinski definition) is 1. The van der Waals surface area contributed by atoms with Crippen LogP contribution in [0, 0.1) is 6.92 Å². The molecule has 0 aromatic heterocycles. The summed E-state index contributed by atoms with van der Waals surface area (Å²) in [6, 6.07) is 6.33. The third kappa shape index (κ3) is 4.47. The third-order valence-electron chi connectivity index (χ3n) is 4.04. The van der Waals surface area contributed by atoms with Crippen molar-refractivity contribution in [1.82, 2.24) is 10.4 Å². The molecule has 1 aliphatic rings. The lowest BCUT2D eigenvalue weighted by molar-refractivity contribution is -0.190. The van der Waals surface area contributed by atoms with Gasteiger partial charge in [-0.3, -0.25) is 10.2 Å². The maximum absolute atomic E-state index is 13.1. The van der Waals surface area contributed by atoms with Crippen LogP contribution in [0.4, 0.5) is 13.2 Å². The molecule has 1 fully saturated rings. The van der Waals surface area contributed by atoms with Crippen LogP contribution in [-0.2, 0) is 11.2 Å². The fourth-order valence-corrected chi connectivity index (χ4v) is 2.77. The van der Waals surface area contributed by atoms with Gasteiger partial charge >= 0.3 is 6.18 Å². The van der Waals surface area contributed by atoms with Crippen molar-refractivity contribution in [2.24, 2.45) is 0 Å². The van der Waals surface area contributed by atoms with Gasteiger partial charge in [-0.25, -0.2) is 5.01 Å². The molecule has 0 bridgehead atoms. The number of hydrogen-bond acceptors (Lipinski definition) is 2. The van der Waals surface area contributed by atoms with Gasteiger partial charge < -0.3 is 0 Å². The number of unbranched alkanes of at least 4 members (excludes halogenated alkanes) is 1. The molecule has 1 heterocycles. The largest absolute Gasteiger partial charge is 0.405 e. The smallest absolute Gasteiger partial charge is 0.288 e. The summed E-state index contributed by atoms with van der Waals surface area (Å²) in [6.07, 6.45) is -2.21. The summed E-state index contributed by atoms with van der Waals surface area (Å²) in [5.74, 6) is -0.339. The number of hydrazine groups is 1. The Hall–Kier alpha value is -1.56. The van der Waals surface area contributed by atoms with E-state index in [0.717, 1.165) is 11.4 Å². The molecule has 2 rings (SSSR count). The van der Waals surface area contributed by atoms with E-state index in [0.29, 0.717) is 12.8 Å². The van der Waals surface area contributed by atoms with Crippen LogP contribution in [0.15, 0.2) is 24.3 Å². The number of amides is 1. The molecule has 1 atom stereocenters. The number of aryl methyl sites for hydroxylation is 2. The van der Waals surface area contributed by atoms with E-state index in [2.05, 4.69) is 5.43 Å². The second kappa shape index (κ2) is 7.13. The summed E-state index contributed by atoms with van der Waals surface area (Å²) in [5, 5.41) is 1.04. The van der Waals surface area contributed by atoms with E-state index in [9.17, 15) is 18.0 Å². The molecule has 0 spiro atoms. The Bertz CT molecular complexity index is 516. The normalized spacial score (nSPS) is 17.5. The maximum Gasteiger partial charge on any atom is 0.405 e. The Balaban J connectivity index is 1.84. The quantitative estimate of drug-likeness (QED) is 0.817. The van der Waals surface area contributed by atoms with Crippen LogP contribution in [0.3, 0.4) is 0 Å². The predicted octanol–water partition coefficient (Wildman–Crippen LogP) is 3.38. The first-order chi connectivity index (χ1) is 10.4. The Kier molecular flexibility index (Phi) is 5.45. The van der Waals surface area contributed by atoms with Crippen LogP contribution in [0.5, 0.6) is 0 Å². The molecule has 3 nitrogen and oxygen atoms in total. The lowest BCUT2D eigenvalue weighted by atomic mass is 10.0. The van der Waals surface area contributed by atoms with Crippen LogP contribution >= 0.6 is 0 Å². The summed E-state index contributed by atoms with van der Waals surface area (Å²) in [4.78, 5) is 11.1. The Morgan fingerprint density at radius 3 is 2.59 bits per heavy atom. The van der Waals surface area contributed by atoms with Gasteiger partial charge in [0.1, 0.15) is 6.04 Å². The van der Waals surface area contributed by atoms with Crippen molar-refractivity contribution in [2.75, 3.05) is 6.54 Å². The molecule has 0 aliphatic carbocycles. The van der Waals surface area contributed by atoms with Gasteiger partial charge in [0.05, 0.1) is 0 Å². The zero-order chi connectivity index (χ0) is 16.2. The number of rotatable bonds is 6. The fourth-order valence-electron chi connectivity index (χ4n) is 2.77. The highest BCUT2D eigenvalue weighted by Gasteiger charge is 2.45. The lowest BCUT2D eigenvalue weighted by Gasteiger charge is -2.28. The summed E-state index contributed by atoms with van der Waals surface area (Å²) in [5.41, 5.74) is 4.65. The number of nitrogens with one attached hydrogen (secondary N) is 1.